The average molecular weight is 278 g/mol. The lowest BCUT2D eigenvalue weighted by molar-refractivity contribution is 0.578. The topological polar surface area (TPSA) is 34.9 Å². The van der Waals surface area contributed by atoms with Crippen LogP contribution >= 0.6 is 0 Å². The molecule has 0 bridgehead atoms. The van der Waals surface area contributed by atoms with Gasteiger partial charge in [-0.15, -0.1) is 0 Å². The highest BCUT2D eigenvalue weighted by Gasteiger charge is 2.11. The summed E-state index contributed by atoms with van der Waals surface area (Å²) in [5, 5.41) is 3.97. The van der Waals surface area contributed by atoms with Crippen molar-refractivity contribution in [3.05, 3.63) is 57.5 Å². The number of aryl methyl sites for hydroxylation is 1. The van der Waals surface area contributed by atoms with Crippen molar-refractivity contribution in [1.82, 2.24) is 9.78 Å². The third kappa shape index (κ3) is 2.92. The Bertz CT molecular complexity index is 660. The molecule has 0 saturated carbocycles. The van der Waals surface area contributed by atoms with Crippen LogP contribution in [0.4, 0.5) is 8.78 Å². The molecule has 0 amide bonds. The molecule has 0 N–H and O–H groups in total. The summed E-state index contributed by atoms with van der Waals surface area (Å²) >= 11 is 0. The quantitative estimate of drug-likeness (QED) is 0.861. The molecular weight excluding hydrogens is 262 g/mol. The standard InChI is InChI=1S/C15H16F2N2O/c1-3-4-5-14-10(2)9-18-19(15(14)20)13-7-11(16)6-12(17)8-13/h6-9H,3-5H2,1-2H3. The van der Waals surface area contributed by atoms with Gasteiger partial charge < -0.3 is 0 Å². The van der Waals surface area contributed by atoms with E-state index in [1.165, 1.54) is 0 Å². The summed E-state index contributed by atoms with van der Waals surface area (Å²) in [4.78, 5) is 12.4. The Morgan fingerprint density at radius 3 is 2.45 bits per heavy atom. The normalized spacial score (nSPS) is 10.8. The molecule has 1 aromatic heterocycles. The minimum Gasteiger partial charge on any atom is -0.267 e. The lowest BCUT2D eigenvalue weighted by Gasteiger charge is -2.09. The van der Waals surface area contributed by atoms with Crippen molar-refractivity contribution in [3.8, 4) is 5.69 Å². The summed E-state index contributed by atoms with van der Waals surface area (Å²) in [6.07, 6.45) is 4.05. The average Bonchev–Trinajstić information content (AvgIpc) is 2.37. The zero-order valence-electron chi connectivity index (χ0n) is 11.5. The molecule has 0 radical (unpaired) electrons. The van der Waals surface area contributed by atoms with Gasteiger partial charge in [-0.1, -0.05) is 13.3 Å². The van der Waals surface area contributed by atoms with Crippen LogP contribution in [0.3, 0.4) is 0 Å². The fourth-order valence-electron chi connectivity index (χ4n) is 2.07. The molecule has 106 valence electrons. The highest BCUT2D eigenvalue weighted by atomic mass is 19.1. The number of benzene rings is 1. The smallest absolute Gasteiger partial charge is 0.267 e. The Morgan fingerprint density at radius 1 is 1.20 bits per heavy atom. The third-order valence-electron chi connectivity index (χ3n) is 3.17. The molecule has 20 heavy (non-hydrogen) atoms. The van der Waals surface area contributed by atoms with Gasteiger partial charge in [-0.05, 0) is 37.5 Å². The van der Waals surface area contributed by atoms with Crippen LogP contribution in [0.5, 0.6) is 0 Å². The van der Waals surface area contributed by atoms with Crippen molar-refractivity contribution in [3.63, 3.8) is 0 Å². The maximum absolute atomic E-state index is 13.2. The molecule has 0 fully saturated rings. The minimum atomic E-state index is -0.732. The van der Waals surface area contributed by atoms with E-state index in [1.54, 1.807) is 6.20 Å². The summed E-state index contributed by atoms with van der Waals surface area (Å²) in [5.41, 5.74) is 1.23. The van der Waals surface area contributed by atoms with Crippen molar-refractivity contribution in [2.75, 3.05) is 0 Å². The number of aromatic nitrogens is 2. The fraction of sp³-hybridized carbons (Fsp3) is 0.333. The van der Waals surface area contributed by atoms with E-state index in [0.717, 1.165) is 41.3 Å². The van der Waals surface area contributed by atoms with Crippen LogP contribution < -0.4 is 5.56 Å². The van der Waals surface area contributed by atoms with E-state index in [-0.39, 0.29) is 11.2 Å². The number of rotatable bonds is 4. The van der Waals surface area contributed by atoms with Gasteiger partial charge >= 0.3 is 0 Å². The second-order valence-electron chi connectivity index (χ2n) is 4.75. The first-order valence-electron chi connectivity index (χ1n) is 6.57. The van der Waals surface area contributed by atoms with Gasteiger partial charge in [0.2, 0.25) is 0 Å². The van der Waals surface area contributed by atoms with Crippen LogP contribution in [-0.4, -0.2) is 9.78 Å². The molecule has 0 aliphatic carbocycles. The van der Waals surface area contributed by atoms with Crippen molar-refractivity contribution >= 4 is 0 Å². The van der Waals surface area contributed by atoms with Crippen LogP contribution in [0.15, 0.2) is 29.2 Å². The van der Waals surface area contributed by atoms with E-state index in [0.29, 0.717) is 12.0 Å². The van der Waals surface area contributed by atoms with E-state index in [9.17, 15) is 13.6 Å². The molecule has 0 spiro atoms. The predicted molar refractivity (Wildman–Crippen MR) is 73.1 cm³/mol. The molecule has 2 aromatic rings. The van der Waals surface area contributed by atoms with E-state index >= 15 is 0 Å². The van der Waals surface area contributed by atoms with Gasteiger partial charge in [0.1, 0.15) is 11.6 Å². The molecule has 1 aromatic carbocycles. The molecule has 0 atom stereocenters. The summed E-state index contributed by atoms with van der Waals surface area (Å²) in [6, 6.07) is 2.95. The Labute approximate surface area is 115 Å². The van der Waals surface area contributed by atoms with Gasteiger partial charge in [-0.3, -0.25) is 4.79 Å². The van der Waals surface area contributed by atoms with Crippen LogP contribution in [0, 0.1) is 18.6 Å². The summed E-state index contributed by atoms with van der Waals surface area (Å²) in [7, 11) is 0. The van der Waals surface area contributed by atoms with Crippen LogP contribution in [-0.2, 0) is 6.42 Å². The maximum Gasteiger partial charge on any atom is 0.274 e. The van der Waals surface area contributed by atoms with Gasteiger partial charge in [0.15, 0.2) is 0 Å². The molecular formula is C15H16F2N2O. The maximum atomic E-state index is 13.2. The van der Waals surface area contributed by atoms with Gasteiger partial charge in [0, 0.05) is 11.6 Å². The van der Waals surface area contributed by atoms with Gasteiger partial charge in [-0.2, -0.15) is 9.78 Å². The minimum absolute atomic E-state index is 0.102. The van der Waals surface area contributed by atoms with Crippen molar-refractivity contribution in [2.24, 2.45) is 0 Å². The molecule has 3 nitrogen and oxygen atoms in total. The lowest BCUT2D eigenvalue weighted by atomic mass is 10.1. The number of hydrogen-bond donors (Lipinski definition) is 0. The van der Waals surface area contributed by atoms with Gasteiger partial charge in [0.05, 0.1) is 11.9 Å². The summed E-state index contributed by atoms with van der Waals surface area (Å²) < 4.78 is 27.5. The van der Waals surface area contributed by atoms with Crippen molar-refractivity contribution < 1.29 is 8.78 Å². The lowest BCUT2D eigenvalue weighted by Crippen LogP contribution is -2.26. The SMILES string of the molecule is CCCCc1c(C)cnn(-c2cc(F)cc(F)c2)c1=O. The Hall–Kier alpha value is -2.04. The molecule has 5 heteroatoms. The molecule has 0 aliphatic rings. The zero-order valence-corrected chi connectivity index (χ0v) is 11.5. The van der Waals surface area contributed by atoms with E-state index < -0.39 is 11.6 Å². The number of nitrogens with zero attached hydrogens (tertiary/aromatic N) is 2. The Balaban J connectivity index is 2.55. The predicted octanol–water partition coefficient (Wildman–Crippen LogP) is 3.16. The van der Waals surface area contributed by atoms with Crippen LogP contribution in [0.25, 0.3) is 5.69 Å². The zero-order chi connectivity index (χ0) is 14.7. The van der Waals surface area contributed by atoms with Gasteiger partial charge in [0.25, 0.3) is 5.56 Å². The van der Waals surface area contributed by atoms with Crippen LogP contribution in [0.1, 0.15) is 30.9 Å². The van der Waals surface area contributed by atoms with Crippen molar-refractivity contribution in [1.29, 1.82) is 0 Å². The highest BCUT2D eigenvalue weighted by Crippen LogP contribution is 2.12. The first-order valence-corrected chi connectivity index (χ1v) is 6.57. The van der Waals surface area contributed by atoms with E-state index in [4.69, 9.17) is 0 Å². The molecule has 0 unspecified atom stereocenters. The van der Waals surface area contributed by atoms with E-state index in [1.807, 2.05) is 13.8 Å². The fourth-order valence-corrected chi connectivity index (χ4v) is 2.07. The second kappa shape index (κ2) is 5.94. The van der Waals surface area contributed by atoms with Crippen LogP contribution in [0.2, 0.25) is 0 Å². The van der Waals surface area contributed by atoms with E-state index in [2.05, 4.69) is 5.10 Å². The Kier molecular flexibility index (Phi) is 4.27. The molecule has 2 rings (SSSR count). The number of hydrogen-bond acceptors (Lipinski definition) is 2. The molecule has 0 aliphatic heterocycles. The number of unbranched alkanes of at least 4 members (excludes halogenated alkanes) is 1. The summed E-state index contributed by atoms with van der Waals surface area (Å²) in [6.45, 7) is 3.85. The molecule has 0 saturated heterocycles. The first-order chi connectivity index (χ1) is 9.52. The molecule has 1 heterocycles. The largest absolute Gasteiger partial charge is 0.274 e. The highest BCUT2D eigenvalue weighted by molar-refractivity contribution is 5.33. The van der Waals surface area contributed by atoms with Gasteiger partial charge in [-0.25, -0.2) is 8.78 Å². The third-order valence-corrected chi connectivity index (χ3v) is 3.17. The number of halogens is 2. The first kappa shape index (κ1) is 14.4. The summed E-state index contributed by atoms with van der Waals surface area (Å²) in [5.74, 6) is -1.46. The monoisotopic (exact) mass is 278 g/mol. The Morgan fingerprint density at radius 2 is 1.85 bits per heavy atom. The second-order valence-corrected chi connectivity index (χ2v) is 4.75. The van der Waals surface area contributed by atoms with Crippen molar-refractivity contribution in [2.45, 2.75) is 33.1 Å².